The third-order valence-electron chi connectivity index (χ3n) is 4.41. The van der Waals surface area contributed by atoms with E-state index in [1.54, 1.807) is 25.3 Å². The first-order valence-corrected chi connectivity index (χ1v) is 10.2. The molecule has 156 valence electrons. The van der Waals surface area contributed by atoms with E-state index in [9.17, 15) is 9.59 Å². The molecule has 9 heteroatoms. The maximum Gasteiger partial charge on any atom is 0.359 e. The molecule has 0 radical (unpaired) electrons. The lowest BCUT2D eigenvalue weighted by Crippen LogP contribution is -2.30. The highest BCUT2D eigenvalue weighted by atomic mass is 32.1. The van der Waals surface area contributed by atoms with E-state index in [1.165, 1.54) is 24.5 Å². The van der Waals surface area contributed by atoms with Crippen molar-refractivity contribution >= 4 is 39.4 Å². The molecule has 2 aromatic carbocycles. The average molecular weight is 434 g/mol. The Morgan fingerprint density at radius 2 is 1.87 bits per heavy atom. The fourth-order valence-corrected chi connectivity index (χ4v) is 3.51. The minimum Gasteiger partial charge on any atom is -0.497 e. The SMILES string of the molecule is COc1cccc(-c2csc(NC(=O)C(C)OC(=O)c3cnc4ccccc4n3)n2)c1. The molecule has 8 nitrogen and oxygen atoms in total. The Labute approximate surface area is 181 Å². The second kappa shape index (κ2) is 8.88. The lowest BCUT2D eigenvalue weighted by Gasteiger charge is -2.12. The Bertz CT molecular complexity index is 1260. The Kier molecular flexibility index (Phi) is 5.85. The third kappa shape index (κ3) is 4.67. The molecule has 2 aromatic heterocycles. The van der Waals surface area contributed by atoms with Gasteiger partial charge < -0.3 is 9.47 Å². The van der Waals surface area contributed by atoms with Crippen LogP contribution in [0, 0.1) is 0 Å². The van der Waals surface area contributed by atoms with E-state index in [1.807, 2.05) is 35.7 Å². The van der Waals surface area contributed by atoms with Gasteiger partial charge in [-0.15, -0.1) is 11.3 Å². The summed E-state index contributed by atoms with van der Waals surface area (Å²) < 4.78 is 10.5. The van der Waals surface area contributed by atoms with Crippen LogP contribution in [-0.4, -0.2) is 40.0 Å². The summed E-state index contributed by atoms with van der Waals surface area (Å²) in [7, 11) is 1.60. The first kappa shape index (κ1) is 20.4. The van der Waals surface area contributed by atoms with Gasteiger partial charge in [0, 0.05) is 10.9 Å². The second-order valence-corrected chi connectivity index (χ2v) is 7.41. The molecule has 0 aliphatic heterocycles. The van der Waals surface area contributed by atoms with Gasteiger partial charge >= 0.3 is 5.97 Å². The number of anilines is 1. The number of carbonyl (C=O) groups excluding carboxylic acids is 2. The van der Waals surface area contributed by atoms with E-state index in [2.05, 4.69) is 20.3 Å². The van der Waals surface area contributed by atoms with Gasteiger partial charge in [-0.2, -0.15) is 0 Å². The van der Waals surface area contributed by atoms with Gasteiger partial charge in [0.2, 0.25) is 0 Å². The lowest BCUT2D eigenvalue weighted by atomic mass is 10.2. The van der Waals surface area contributed by atoms with Gasteiger partial charge in [0.1, 0.15) is 5.75 Å². The number of aromatic nitrogens is 3. The number of fused-ring (bicyclic) bond motifs is 1. The van der Waals surface area contributed by atoms with E-state index >= 15 is 0 Å². The number of rotatable bonds is 6. The summed E-state index contributed by atoms with van der Waals surface area (Å²) in [6, 6.07) is 14.6. The van der Waals surface area contributed by atoms with E-state index in [0.29, 0.717) is 27.6 Å². The maximum atomic E-state index is 12.5. The summed E-state index contributed by atoms with van der Waals surface area (Å²) in [4.78, 5) is 37.7. The molecule has 0 aliphatic rings. The zero-order chi connectivity index (χ0) is 21.8. The summed E-state index contributed by atoms with van der Waals surface area (Å²) in [6.07, 6.45) is 0.293. The highest BCUT2D eigenvalue weighted by Crippen LogP contribution is 2.27. The van der Waals surface area contributed by atoms with Crippen LogP contribution in [0.1, 0.15) is 17.4 Å². The zero-order valence-electron chi connectivity index (χ0n) is 16.7. The molecule has 2 heterocycles. The standard InChI is InChI=1S/C22H18N4O4S/c1-13(30-21(28)18-11-23-16-8-3-4-9-17(16)24-18)20(27)26-22-25-19(12-31-22)14-6-5-7-15(10-14)29-2/h3-13H,1-2H3,(H,25,26,27). The summed E-state index contributed by atoms with van der Waals surface area (Å²) in [5, 5.41) is 4.90. The first-order chi connectivity index (χ1) is 15.0. The molecule has 4 rings (SSSR count). The highest BCUT2D eigenvalue weighted by Gasteiger charge is 2.21. The Balaban J connectivity index is 1.40. The van der Waals surface area contributed by atoms with E-state index < -0.39 is 18.0 Å². The number of esters is 1. The Morgan fingerprint density at radius 3 is 2.68 bits per heavy atom. The number of para-hydroxylation sites is 2. The van der Waals surface area contributed by atoms with Crippen molar-refractivity contribution in [3.05, 3.63) is 65.8 Å². The molecular formula is C22H18N4O4S. The Morgan fingerprint density at radius 1 is 1.06 bits per heavy atom. The third-order valence-corrected chi connectivity index (χ3v) is 5.17. The molecule has 1 unspecified atom stereocenters. The van der Waals surface area contributed by atoms with Gasteiger partial charge in [-0.25, -0.2) is 14.8 Å². The zero-order valence-corrected chi connectivity index (χ0v) is 17.6. The molecular weight excluding hydrogens is 416 g/mol. The maximum absolute atomic E-state index is 12.5. The number of nitrogens with zero attached hydrogens (tertiary/aromatic N) is 3. The molecule has 1 amide bonds. The monoisotopic (exact) mass is 434 g/mol. The minimum absolute atomic E-state index is 0.0351. The number of hydrogen-bond donors (Lipinski definition) is 1. The van der Waals surface area contributed by atoms with Gasteiger partial charge in [-0.05, 0) is 31.2 Å². The fraction of sp³-hybridized carbons (Fsp3) is 0.136. The van der Waals surface area contributed by atoms with Gasteiger partial charge in [0.05, 0.1) is 30.0 Å². The number of carbonyl (C=O) groups is 2. The van der Waals surface area contributed by atoms with Crippen LogP contribution in [0.3, 0.4) is 0 Å². The van der Waals surface area contributed by atoms with E-state index in [4.69, 9.17) is 9.47 Å². The van der Waals surface area contributed by atoms with E-state index in [-0.39, 0.29) is 5.69 Å². The van der Waals surface area contributed by atoms with Crippen molar-refractivity contribution in [2.75, 3.05) is 12.4 Å². The van der Waals surface area contributed by atoms with Crippen LogP contribution in [0.4, 0.5) is 5.13 Å². The quantitative estimate of drug-likeness (QED) is 0.458. The molecule has 1 atom stereocenters. The van der Waals surface area contributed by atoms with Crippen LogP contribution in [0.5, 0.6) is 5.75 Å². The van der Waals surface area contributed by atoms with Crippen molar-refractivity contribution in [2.45, 2.75) is 13.0 Å². The summed E-state index contributed by atoms with van der Waals surface area (Å²) in [5.41, 5.74) is 2.84. The van der Waals surface area contributed by atoms with Crippen LogP contribution in [0.25, 0.3) is 22.3 Å². The molecule has 0 aliphatic carbocycles. The second-order valence-electron chi connectivity index (χ2n) is 6.55. The number of ether oxygens (including phenoxy) is 2. The van der Waals surface area contributed by atoms with Crippen LogP contribution in [0.15, 0.2) is 60.1 Å². The molecule has 0 fully saturated rings. The van der Waals surface area contributed by atoms with Gasteiger partial charge in [0.15, 0.2) is 16.9 Å². The number of hydrogen-bond acceptors (Lipinski definition) is 8. The molecule has 0 spiro atoms. The predicted molar refractivity (Wildman–Crippen MR) is 117 cm³/mol. The molecule has 0 saturated heterocycles. The largest absolute Gasteiger partial charge is 0.497 e. The lowest BCUT2D eigenvalue weighted by molar-refractivity contribution is -0.123. The van der Waals surface area contributed by atoms with Gasteiger partial charge in [0.25, 0.3) is 5.91 Å². The number of nitrogens with one attached hydrogen (secondary N) is 1. The van der Waals surface area contributed by atoms with Crippen molar-refractivity contribution < 1.29 is 19.1 Å². The van der Waals surface area contributed by atoms with Crippen LogP contribution in [0.2, 0.25) is 0 Å². The highest BCUT2D eigenvalue weighted by molar-refractivity contribution is 7.14. The first-order valence-electron chi connectivity index (χ1n) is 9.37. The summed E-state index contributed by atoms with van der Waals surface area (Å²) in [6.45, 7) is 1.48. The normalized spacial score (nSPS) is 11.7. The van der Waals surface area contributed by atoms with Crippen LogP contribution in [-0.2, 0) is 9.53 Å². The van der Waals surface area contributed by atoms with Crippen molar-refractivity contribution in [1.82, 2.24) is 15.0 Å². The minimum atomic E-state index is -1.04. The van der Waals surface area contributed by atoms with Crippen molar-refractivity contribution in [1.29, 1.82) is 0 Å². The number of thiazole rings is 1. The topological polar surface area (TPSA) is 103 Å². The van der Waals surface area contributed by atoms with Crippen LogP contribution >= 0.6 is 11.3 Å². The van der Waals surface area contributed by atoms with Crippen LogP contribution < -0.4 is 10.1 Å². The summed E-state index contributed by atoms with van der Waals surface area (Å²) >= 11 is 1.27. The number of amides is 1. The Hall–Kier alpha value is -3.85. The molecule has 1 N–H and O–H groups in total. The smallest absolute Gasteiger partial charge is 0.359 e. The molecule has 31 heavy (non-hydrogen) atoms. The average Bonchev–Trinajstić information content (AvgIpc) is 3.27. The van der Waals surface area contributed by atoms with Gasteiger partial charge in [-0.1, -0.05) is 24.3 Å². The molecule has 4 aromatic rings. The molecule has 0 saturated carbocycles. The number of methoxy groups -OCH3 is 1. The fourth-order valence-electron chi connectivity index (χ4n) is 2.78. The van der Waals surface area contributed by atoms with E-state index in [0.717, 1.165) is 5.56 Å². The van der Waals surface area contributed by atoms with Crippen molar-refractivity contribution in [2.24, 2.45) is 0 Å². The summed E-state index contributed by atoms with van der Waals surface area (Å²) in [5.74, 6) is -0.501. The predicted octanol–water partition coefficient (Wildman–Crippen LogP) is 3.95. The van der Waals surface area contributed by atoms with Crippen molar-refractivity contribution in [3.8, 4) is 17.0 Å². The van der Waals surface area contributed by atoms with Crippen molar-refractivity contribution in [3.63, 3.8) is 0 Å². The molecule has 0 bridgehead atoms. The number of benzene rings is 2. The van der Waals surface area contributed by atoms with Gasteiger partial charge in [-0.3, -0.25) is 15.1 Å².